The third-order valence-corrected chi connectivity index (χ3v) is 5.21. The highest BCUT2D eigenvalue weighted by Gasteiger charge is 2.36. The van der Waals surface area contributed by atoms with Gasteiger partial charge in [-0.15, -0.1) is 0 Å². The number of nitrogens with zero attached hydrogens (tertiary/aromatic N) is 2. The van der Waals surface area contributed by atoms with E-state index in [4.69, 9.17) is 4.42 Å². The monoisotopic (exact) mass is 403 g/mol. The number of carbonyl (C=O) groups is 3. The molecule has 1 aliphatic heterocycles. The molecule has 7 nitrogen and oxygen atoms in total. The Hall–Kier alpha value is -3.87. The molecule has 1 aliphatic rings. The van der Waals surface area contributed by atoms with Crippen LogP contribution in [0, 0.1) is 20.8 Å². The van der Waals surface area contributed by atoms with E-state index in [1.54, 1.807) is 12.1 Å². The van der Waals surface area contributed by atoms with Gasteiger partial charge in [0, 0.05) is 17.1 Å². The summed E-state index contributed by atoms with van der Waals surface area (Å²) in [6.45, 7) is 5.88. The van der Waals surface area contributed by atoms with E-state index in [0.29, 0.717) is 5.76 Å². The second-order valence-corrected chi connectivity index (χ2v) is 7.24. The van der Waals surface area contributed by atoms with Crippen molar-refractivity contribution in [1.29, 1.82) is 0 Å². The number of furan rings is 1. The maximum absolute atomic E-state index is 12.9. The van der Waals surface area contributed by atoms with Crippen molar-refractivity contribution in [2.24, 2.45) is 0 Å². The maximum Gasteiger partial charge on any atom is 0.331 e. The van der Waals surface area contributed by atoms with E-state index in [0.717, 1.165) is 33.1 Å². The summed E-state index contributed by atoms with van der Waals surface area (Å²) in [6, 6.07) is 12.5. The highest BCUT2D eigenvalue weighted by molar-refractivity contribution is 6.31. The lowest BCUT2D eigenvalue weighted by atomic mass is 10.1. The average molecular weight is 403 g/mol. The Bertz CT molecular complexity index is 1190. The van der Waals surface area contributed by atoms with Crippen LogP contribution in [0.1, 0.15) is 28.3 Å². The quantitative estimate of drug-likeness (QED) is 0.532. The second kappa shape index (κ2) is 7.51. The van der Waals surface area contributed by atoms with Crippen LogP contribution in [0.3, 0.4) is 0 Å². The zero-order valence-corrected chi connectivity index (χ0v) is 16.9. The van der Waals surface area contributed by atoms with Crippen LogP contribution in [0.5, 0.6) is 0 Å². The van der Waals surface area contributed by atoms with Crippen molar-refractivity contribution in [2.75, 3.05) is 0 Å². The molecule has 0 bridgehead atoms. The number of imide groups is 2. The number of rotatable bonds is 4. The SMILES string of the molecule is Cc1ccccc1-n1c(C)cc(C=C2C(=O)NC(=O)N(Cc3ccco3)C2=O)c1C. The van der Waals surface area contributed by atoms with Gasteiger partial charge in [0.05, 0.1) is 12.8 Å². The fourth-order valence-electron chi connectivity index (χ4n) is 3.67. The smallest absolute Gasteiger partial charge is 0.331 e. The molecule has 0 atom stereocenters. The predicted molar refractivity (Wildman–Crippen MR) is 111 cm³/mol. The lowest BCUT2D eigenvalue weighted by molar-refractivity contribution is -0.130. The highest BCUT2D eigenvalue weighted by atomic mass is 16.3. The third-order valence-electron chi connectivity index (χ3n) is 5.21. The van der Waals surface area contributed by atoms with E-state index in [9.17, 15) is 14.4 Å². The van der Waals surface area contributed by atoms with Crippen LogP contribution in [0.2, 0.25) is 0 Å². The molecule has 0 saturated carbocycles. The number of amides is 4. The van der Waals surface area contributed by atoms with Gasteiger partial charge in [-0.2, -0.15) is 0 Å². The zero-order chi connectivity index (χ0) is 21.4. The molecule has 1 fully saturated rings. The molecule has 4 rings (SSSR count). The van der Waals surface area contributed by atoms with Crippen LogP contribution in [0.15, 0.2) is 58.7 Å². The minimum absolute atomic E-state index is 0.0511. The minimum Gasteiger partial charge on any atom is -0.467 e. The number of carbonyl (C=O) groups excluding carboxylic acids is 3. The van der Waals surface area contributed by atoms with Gasteiger partial charge >= 0.3 is 6.03 Å². The number of nitrogens with one attached hydrogen (secondary N) is 1. The molecular formula is C23H21N3O4. The summed E-state index contributed by atoms with van der Waals surface area (Å²) in [5.74, 6) is -0.910. The molecule has 0 unspecified atom stereocenters. The fourth-order valence-corrected chi connectivity index (χ4v) is 3.67. The Morgan fingerprint density at radius 3 is 2.50 bits per heavy atom. The topological polar surface area (TPSA) is 84.6 Å². The van der Waals surface area contributed by atoms with Gasteiger partial charge in [-0.1, -0.05) is 18.2 Å². The summed E-state index contributed by atoms with van der Waals surface area (Å²) in [5.41, 5.74) is 4.66. The van der Waals surface area contributed by atoms with Crippen molar-refractivity contribution in [2.45, 2.75) is 27.3 Å². The molecule has 3 aromatic rings. The van der Waals surface area contributed by atoms with Crippen LogP contribution >= 0.6 is 0 Å². The van der Waals surface area contributed by atoms with Gasteiger partial charge < -0.3 is 8.98 Å². The second-order valence-electron chi connectivity index (χ2n) is 7.24. The Labute approximate surface area is 173 Å². The molecule has 0 radical (unpaired) electrons. The molecular weight excluding hydrogens is 382 g/mol. The van der Waals surface area contributed by atoms with Crippen LogP contribution in [0.4, 0.5) is 4.79 Å². The van der Waals surface area contributed by atoms with Crippen molar-refractivity contribution in [3.8, 4) is 5.69 Å². The first-order valence-electron chi connectivity index (χ1n) is 9.53. The lowest BCUT2D eigenvalue weighted by Gasteiger charge is -2.25. The van der Waals surface area contributed by atoms with Gasteiger partial charge in [0.2, 0.25) is 0 Å². The molecule has 30 heavy (non-hydrogen) atoms. The summed E-state index contributed by atoms with van der Waals surface area (Å²) >= 11 is 0. The molecule has 1 N–H and O–H groups in total. The summed E-state index contributed by atoms with van der Waals surface area (Å²) in [5, 5.41) is 2.23. The number of aryl methyl sites for hydroxylation is 2. The summed E-state index contributed by atoms with van der Waals surface area (Å²) in [4.78, 5) is 38.5. The molecule has 0 aliphatic carbocycles. The predicted octanol–water partition coefficient (Wildman–Crippen LogP) is 3.66. The Morgan fingerprint density at radius 1 is 1.03 bits per heavy atom. The van der Waals surface area contributed by atoms with Crippen molar-refractivity contribution in [1.82, 2.24) is 14.8 Å². The Kier molecular flexibility index (Phi) is 4.87. The van der Waals surface area contributed by atoms with Crippen molar-refractivity contribution in [3.05, 3.63) is 82.6 Å². The van der Waals surface area contributed by atoms with Gasteiger partial charge in [0.25, 0.3) is 11.8 Å². The zero-order valence-electron chi connectivity index (χ0n) is 16.9. The van der Waals surface area contributed by atoms with Crippen molar-refractivity contribution >= 4 is 23.9 Å². The average Bonchev–Trinajstić information content (AvgIpc) is 3.31. The molecule has 0 spiro atoms. The third kappa shape index (κ3) is 3.34. The number of urea groups is 1. The Balaban J connectivity index is 1.72. The van der Waals surface area contributed by atoms with E-state index in [1.165, 1.54) is 12.3 Å². The van der Waals surface area contributed by atoms with Gasteiger partial charge in [0.1, 0.15) is 11.3 Å². The van der Waals surface area contributed by atoms with Gasteiger partial charge in [-0.05, 0) is 62.2 Å². The molecule has 1 saturated heterocycles. The van der Waals surface area contributed by atoms with Crippen LogP contribution in [-0.4, -0.2) is 27.3 Å². The van der Waals surface area contributed by atoms with Crippen molar-refractivity contribution < 1.29 is 18.8 Å². The summed E-state index contributed by atoms with van der Waals surface area (Å²) in [7, 11) is 0. The van der Waals surface area contributed by atoms with E-state index in [-0.39, 0.29) is 12.1 Å². The van der Waals surface area contributed by atoms with E-state index < -0.39 is 17.8 Å². The van der Waals surface area contributed by atoms with Gasteiger partial charge in [0.15, 0.2) is 0 Å². The molecule has 152 valence electrons. The number of hydrogen-bond acceptors (Lipinski definition) is 4. The van der Waals surface area contributed by atoms with Crippen LogP contribution in [-0.2, 0) is 16.1 Å². The molecule has 3 heterocycles. The number of hydrogen-bond donors (Lipinski definition) is 1. The molecule has 1 aromatic carbocycles. The van der Waals surface area contributed by atoms with Crippen molar-refractivity contribution in [3.63, 3.8) is 0 Å². The summed E-state index contributed by atoms with van der Waals surface area (Å²) in [6.07, 6.45) is 3.00. The molecule has 2 aromatic heterocycles. The van der Waals surface area contributed by atoms with Gasteiger partial charge in [-0.25, -0.2) is 4.79 Å². The first kappa shape index (κ1) is 19.4. The number of aromatic nitrogens is 1. The normalized spacial score (nSPS) is 15.8. The molecule has 4 amide bonds. The first-order valence-corrected chi connectivity index (χ1v) is 9.53. The molecule has 7 heteroatoms. The van der Waals surface area contributed by atoms with Gasteiger partial charge in [-0.3, -0.25) is 19.8 Å². The van der Waals surface area contributed by atoms with E-state index >= 15 is 0 Å². The maximum atomic E-state index is 12.9. The fraction of sp³-hybridized carbons (Fsp3) is 0.174. The highest BCUT2D eigenvalue weighted by Crippen LogP contribution is 2.26. The number of para-hydroxylation sites is 1. The number of barbiturate groups is 1. The first-order chi connectivity index (χ1) is 14.4. The lowest BCUT2D eigenvalue weighted by Crippen LogP contribution is -2.53. The van der Waals surface area contributed by atoms with E-state index in [2.05, 4.69) is 9.88 Å². The number of benzene rings is 1. The standard InChI is InChI=1S/C23H21N3O4/c1-14-7-4-5-9-20(14)26-15(2)11-17(16(26)3)12-19-21(27)24-23(29)25(22(19)28)13-18-8-6-10-30-18/h4-12H,13H2,1-3H3,(H,24,27,29). The van der Waals surface area contributed by atoms with E-state index in [1.807, 2.05) is 51.1 Å². The largest absolute Gasteiger partial charge is 0.467 e. The summed E-state index contributed by atoms with van der Waals surface area (Å²) < 4.78 is 7.31. The van der Waals surface area contributed by atoms with Crippen LogP contribution < -0.4 is 5.32 Å². The Morgan fingerprint density at radius 2 is 1.80 bits per heavy atom. The van der Waals surface area contributed by atoms with Crippen LogP contribution in [0.25, 0.3) is 11.8 Å². The minimum atomic E-state index is -0.760.